The van der Waals surface area contributed by atoms with Crippen LogP contribution in [0.5, 0.6) is 0 Å². The molecule has 12 heavy (non-hydrogen) atoms. The minimum absolute atomic E-state index is 0.595. The summed E-state index contributed by atoms with van der Waals surface area (Å²) < 4.78 is 0. The van der Waals surface area contributed by atoms with Crippen LogP contribution >= 0.6 is 11.6 Å². The molecule has 0 spiro atoms. The van der Waals surface area contributed by atoms with Crippen molar-refractivity contribution >= 4 is 18.4 Å². The maximum atomic E-state index is 8.00. The lowest BCUT2D eigenvalue weighted by Gasteiger charge is -2.03. The van der Waals surface area contributed by atoms with E-state index in [0.29, 0.717) is 5.92 Å². The third-order valence-electron chi connectivity index (χ3n) is 1.54. The topological polar surface area (TPSA) is 17.1 Å². The van der Waals surface area contributed by atoms with Crippen LogP contribution < -0.4 is 0 Å². The second-order valence-corrected chi connectivity index (χ2v) is 3.14. The summed E-state index contributed by atoms with van der Waals surface area (Å²) in [6.45, 7) is 6.34. The summed E-state index contributed by atoms with van der Waals surface area (Å²) in [7, 11) is 0. The van der Waals surface area contributed by atoms with Crippen LogP contribution in [-0.4, -0.2) is 6.79 Å². The molecule has 1 aromatic rings. The maximum absolute atomic E-state index is 8.00. The molecule has 0 aliphatic heterocycles. The Labute approximate surface area is 78.4 Å². The van der Waals surface area contributed by atoms with Gasteiger partial charge in [0.05, 0.1) is 0 Å². The monoisotopic (exact) mass is 184 g/mol. The lowest BCUT2D eigenvalue weighted by atomic mass is 10.0. The molecule has 0 aromatic heterocycles. The summed E-state index contributed by atoms with van der Waals surface area (Å²) in [6, 6.07) is 7.98. The summed E-state index contributed by atoms with van der Waals surface area (Å²) in [6.07, 6.45) is 0. The van der Waals surface area contributed by atoms with Gasteiger partial charge >= 0.3 is 0 Å². The lowest BCUT2D eigenvalue weighted by molar-refractivity contribution is -0.0979. The standard InChI is InChI=1S/C9H11Cl.CH2O/c1-7(2)8-3-5-9(10)6-4-8;1-2/h3-7H,1-2H3;1H2. The lowest BCUT2D eigenvalue weighted by Crippen LogP contribution is -1.84. The van der Waals surface area contributed by atoms with Crippen molar-refractivity contribution in [2.45, 2.75) is 19.8 Å². The summed E-state index contributed by atoms with van der Waals surface area (Å²) in [5.41, 5.74) is 1.34. The molecular formula is C10H13ClO. The van der Waals surface area contributed by atoms with E-state index in [1.54, 1.807) is 0 Å². The highest BCUT2D eigenvalue weighted by Gasteiger charge is 1.96. The predicted octanol–water partition coefficient (Wildman–Crippen LogP) is 3.28. The molecule has 0 fully saturated rings. The van der Waals surface area contributed by atoms with Gasteiger partial charge in [0, 0.05) is 5.02 Å². The Morgan fingerprint density at radius 3 is 1.92 bits per heavy atom. The number of halogens is 1. The zero-order valence-corrected chi connectivity index (χ0v) is 8.14. The highest BCUT2D eigenvalue weighted by Crippen LogP contribution is 2.16. The number of hydrogen-bond acceptors (Lipinski definition) is 1. The fraction of sp³-hybridized carbons (Fsp3) is 0.300. The number of carbonyl (C=O) groups is 1. The Morgan fingerprint density at radius 1 is 1.17 bits per heavy atom. The first kappa shape index (κ1) is 11.2. The van der Waals surface area contributed by atoms with Gasteiger partial charge in [-0.15, -0.1) is 0 Å². The van der Waals surface area contributed by atoms with Crippen molar-refractivity contribution in [3.63, 3.8) is 0 Å². The van der Waals surface area contributed by atoms with Crippen molar-refractivity contribution < 1.29 is 4.79 Å². The van der Waals surface area contributed by atoms with Crippen molar-refractivity contribution in [1.29, 1.82) is 0 Å². The highest BCUT2D eigenvalue weighted by atomic mass is 35.5. The molecule has 0 heterocycles. The van der Waals surface area contributed by atoms with Gasteiger partial charge in [0.15, 0.2) is 0 Å². The molecule has 0 saturated carbocycles. The van der Waals surface area contributed by atoms with Crippen molar-refractivity contribution in [2.24, 2.45) is 0 Å². The summed E-state index contributed by atoms with van der Waals surface area (Å²) in [4.78, 5) is 8.00. The van der Waals surface area contributed by atoms with Gasteiger partial charge < -0.3 is 4.79 Å². The first-order valence-electron chi connectivity index (χ1n) is 3.74. The van der Waals surface area contributed by atoms with Gasteiger partial charge in [0.1, 0.15) is 6.79 Å². The molecule has 0 radical (unpaired) electrons. The van der Waals surface area contributed by atoms with E-state index in [1.807, 2.05) is 18.9 Å². The van der Waals surface area contributed by atoms with Gasteiger partial charge in [0.25, 0.3) is 0 Å². The third kappa shape index (κ3) is 3.54. The Hall–Kier alpha value is -0.820. The van der Waals surface area contributed by atoms with Crippen molar-refractivity contribution in [3.8, 4) is 0 Å². The predicted molar refractivity (Wildman–Crippen MR) is 52.7 cm³/mol. The average molecular weight is 185 g/mol. The molecule has 0 aliphatic rings. The first-order valence-corrected chi connectivity index (χ1v) is 4.12. The fourth-order valence-corrected chi connectivity index (χ4v) is 0.974. The quantitative estimate of drug-likeness (QED) is 0.655. The Balaban J connectivity index is 0.000000561. The summed E-state index contributed by atoms with van der Waals surface area (Å²) in [5.74, 6) is 0.595. The molecule has 0 atom stereocenters. The molecule has 0 saturated heterocycles. The smallest absolute Gasteiger partial charge is 0.106 e. The molecule has 0 amide bonds. The normalized spacial score (nSPS) is 9.00. The van der Waals surface area contributed by atoms with E-state index in [0.717, 1.165) is 5.02 Å². The molecule has 1 aromatic carbocycles. The Bertz CT molecular complexity index is 216. The van der Waals surface area contributed by atoms with E-state index in [-0.39, 0.29) is 0 Å². The zero-order valence-electron chi connectivity index (χ0n) is 7.38. The van der Waals surface area contributed by atoms with Gasteiger partial charge in [-0.3, -0.25) is 0 Å². The summed E-state index contributed by atoms with van der Waals surface area (Å²) in [5, 5.41) is 0.810. The Kier molecular flexibility index (Phi) is 5.39. The number of carbonyl (C=O) groups excluding carboxylic acids is 1. The van der Waals surface area contributed by atoms with Crippen LogP contribution in [0.25, 0.3) is 0 Å². The van der Waals surface area contributed by atoms with E-state index in [2.05, 4.69) is 26.0 Å². The van der Waals surface area contributed by atoms with Gasteiger partial charge in [-0.25, -0.2) is 0 Å². The van der Waals surface area contributed by atoms with Crippen molar-refractivity contribution in [2.75, 3.05) is 0 Å². The molecule has 0 N–H and O–H groups in total. The molecule has 66 valence electrons. The third-order valence-corrected chi connectivity index (χ3v) is 1.79. The number of rotatable bonds is 1. The SMILES string of the molecule is C=O.CC(C)c1ccc(Cl)cc1. The second-order valence-electron chi connectivity index (χ2n) is 2.71. The van der Waals surface area contributed by atoms with Gasteiger partial charge in [-0.05, 0) is 23.6 Å². The molecule has 2 heteroatoms. The van der Waals surface area contributed by atoms with Crippen LogP contribution in [0, 0.1) is 0 Å². The molecule has 0 bridgehead atoms. The van der Waals surface area contributed by atoms with E-state index >= 15 is 0 Å². The molecule has 0 aliphatic carbocycles. The average Bonchev–Trinajstić information content (AvgIpc) is 2.09. The van der Waals surface area contributed by atoms with E-state index in [4.69, 9.17) is 16.4 Å². The van der Waals surface area contributed by atoms with Crippen LogP contribution in [0.15, 0.2) is 24.3 Å². The molecule has 1 nitrogen and oxygen atoms in total. The highest BCUT2D eigenvalue weighted by molar-refractivity contribution is 6.30. The summed E-state index contributed by atoms with van der Waals surface area (Å²) >= 11 is 5.72. The zero-order chi connectivity index (χ0) is 9.56. The largest absolute Gasteiger partial charge is 0.307 e. The van der Waals surface area contributed by atoms with E-state index in [1.165, 1.54) is 5.56 Å². The van der Waals surface area contributed by atoms with E-state index < -0.39 is 0 Å². The van der Waals surface area contributed by atoms with Crippen LogP contribution in [-0.2, 0) is 4.79 Å². The number of hydrogen-bond donors (Lipinski definition) is 0. The molecule has 0 unspecified atom stereocenters. The van der Waals surface area contributed by atoms with Crippen molar-refractivity contribution in [3.05, 3.63) is 34.9 Å². The van der Waals surface area contributed by atoms with Gasteiger partial charge in [-0.1, -0.05) is 37.6 Å². The van der Waals surface area contributed by atoms with Gasteiger partial charge in [-0.2, -0.15) is 0 Å². The minimum atomic E-state index is 0.595. The maximum Gasteiger partial charge on any atom is 0.106 e. The van der Waals surface area contributed by atoms with Crippen LogP contribution in [0.1, 0.15) is 25.3 Å². The van der Waals surface area contributed by atoms with Crippen LogP contribution in [0.3, 0.4) is 0 Å². The minimum Gasteiger partial charge on any atom is -0.307 e. The van der Waals surface area contributed by atoms with Gasteiger partial charge in [0.2, 0.25) is 0 Å². The molecule has 1 rings (SSSR count). The molecular weight excluding hydrogens is 172 g/mol. The Morgan fingerprint density at radius 2 is 1.58 bits per heavy atom. The van der Waals surface area contributed by atoms with Crippen molar-refractivity contribution in [1.82, 2.24) is 0 Å². The number of benzene rings is 1. The first-order chi connectivity index (χ1) is 5.70. The van der Waals surface area contributed by atoms with Crippen LogP contribution in [0.4, 0.5) is 0 Å². The van der Waals surface area contributed by atoms with Crippen LogP contribution in [0.2, 0.25) is 5.02 Å². The van der Waals surface area contributed by atoms with E-state index in [9.17, 15) is 0 Å². The second kappa shape index (κ2) is 5.78. The fourth-order valence-electron chi connectivity index (χ4n) is 0.848.